The highest BCUT2D eigenvalue weighted by atomic mass is 32.2. The number of unbranched alkanes of at least 4 members (excludes halogenated alkanes) is 1. The van der Waals surface area contributed by atoms with E-state index >= 15 is 0 Å². The van der Waals surface area contributed by atoms with Gasteiger partial charge >= 0.3 is 0 Å². The Balaban J connectivity index is 2.76. The molecule has 0 atom stereocenters. The highest BCUT2D eigenvalue weighted by Crippen LogP contribution is 2.09. The van der Waals surface area contributed by atoms with Crippen molar-refractivity contribution in [2.24, 2.45) is 0 Å². The van der Waals surface area contributed by atoms with E-state index in [2.05, 4.69) is 0 Å². The van der Waals surface area contributed by atoms with Crippen LogP contribution in [0.5, 0.6) is 0 Å². The van der Waals surface area contributed by atoms with Crippen LogP contribution in [0.2, 0.25) is 0 Å². The lowest BCUT2D eigenvalue weighted by atomic mass is 10.2. The lowest BCUT2D eigenvalue weighted by Gasteiger charge is -2.04. The number of nitrogens with one attached hydrogen (secondary N) is 1. The van der Waals surface area contributed by atoms with Crippen molar-refractivity contribution in [1.82, 2.24) is 4.72 Å². The molecule has 0 aliphatic rings. The van der Waals surface area contributed by atoms with E-state index in [0.717, 1.165) is 18.4 Å². The second kappa shape index (κ2) is 6.35. The lowest BCUT2D eigenvalue weighted by Crippen LogP contribution is -2.28. The Kier molecular flexibility index (Phi) is 5.09. The molecule has 0 saturated heterocycles. The first-order chi connectivity index (χ1) is 8.45. The summed E-state index contributed by atoms with van der Waals surface area (Å²) in [6.07, 6.45) is 4.56. The first-order valence-electron chi connectivity index (χ1n) is 5.75. The third-order valence-electron chi connectivity index (χ3n) is 2.29. The summed E-state index contributed by atoms with van der Waals surface area (Å²) < 4.78 is 25.6. The summed E-state index contributed by atoms with van der Waals surface area (Å²) in [4.78, 5) is 11.5. The molecule has 1 rings (SSSR count). The Labute approximate surface area is 108 Å². The van der Waals surface area contributed by atoms with Crippen LogP contribution in [0.3, 0.4) is 0 Å². The smallest absolute Gasteiger partial charge is 0.264 e. The Hall–Kier alpha value is -1.62. The molecule has 0 aromatic heterocycles. The predicted octanol–water partition coefficient (Wildman–Crippen LogP) is 2.16. The van der Waals surface area contributed by atoms with Crippen molar-refractivity contribution < 1.29 is 13.2 Å². The van der Waals surface area contributed by atoms with Gasteiger partial charge in [-0.05, 0) is 31.6 Å². The van der Waals surface area contributed by atoms with E-state index in [1.165, 1.54) is 18.2 Å². The zero-order chi connectivity index (χ0) is 13.6. The first-order valence-corrected chi connectivity index (χ1v) is 7.24. The van der Waals surface area contributed by atoms with Gasteiger partial charge in [0.05, 0.1) is 4.90 Å². The van der Waals surface area contributed by atoms with Crippen LogP contribution in [0.25, 0.3) is 0 Å². The molecule has 0 saturated carbocycles. The number of rotatable bonds is 5. The predicted molar refractivity (Wildman–Crippen MR) is 70.6 cm³/mol. The van der Waals surface area contributed by atoms with Crippen molar-refractivity contribution in [3.63, 3.8) is 0 Å². The molecule has 98 valence electrons. The van der Waals surface area contributed by atoms with Crippen LogP contribution in [-0.2, 0) is 14.8 Å². The molecule has 0 unspecified atom stereocenters. The van der Waals surface area contributed by atoms with Gasteiger partial charge in [-0.25, -0.2) is 13.1 Å². The monoisotopic (exact) mass is 267 g/mol. The fourth-order valence-electron chi connectivity index (χ4n) is 1.30. The van der Waals surface area contributed by atoms with Gasteiger partial charge in [0.1, 0.15) is 0 Å². The molecule has 0 aliphatic heterocycles. The number of allylic oxidation sites excluding steroid dienone is 1. The zero-order valence-electron chi connectivity index (χ0n) is 10.5. The van der Waals surface area contributed by atoms with E-state index in [1.54, 1.807) is 18.2 Å². The van der Waals surface area contributed by atoms with Gasteiger partial charge in [-0.15, -0.1) is 0 Å². The highest BCUT2D eigenvalue weighted by molar-refractivity contribution is 7.90. The summed E-state index contributed by atoms with van der Waals surface area (Å²) in [5.41, 5.74) is 0.961. The van der Waals surface area contributed by atoms with Crippen molar-refractivity contribution in [2.45, 2.75) is 31.6 Å². The molecule has 0 spiro atoms. The van der Waals surface area contributed by atoms with Crippen molar-refractivity contribution in [3.05, 3.63) is 42.0 Å². The van der Waals surface area contributed by atoms with Gasteiger partial charge in [-0.1, -0.05) is 37.1 Å². The maximum atomic E-state index is 11.8. The van der Waals surface area contributed by atoms with Crippen LogP contribution in [0, 0.1) is 6.92 Å². The number of carbonyl (C=O) groups excluding carboxylic acids is 1. The van der Waals surface area contributed by atoms with Gasteiger partial charge in [0.2, 0.25) is 0 Å². The molecule has 0 aliphatic carbocycles. The van der Waals surface area contributed by atoms with E-state index < -0.39 is 15.9 Å². The number of amides is 1. The van der Waals surface area contributed by atoms with Crippen LogP contribution in [0.15, 0.2) is 41.3 Å². The third-order valence-corrected chi connectivity index (χ3v) is 3.65. The Morgan fingerprint density at radius 3 is 2.44 bits per heavy atom. The van der Waals surface area contributed by atoms with Gasteiger partial charge < -0.3 is 0 Å². The Morgan fingerprint density at radius 2 is 1.89 bits per heavy atom. The molecule has 0 heterocycles. The van der Waals surface area contributed by atoms with E-state index in [0.29, 0.717) is 0 Å². The fraction of sp³-hybridized carbons (Fsp3) is 0.308. The topological polar surface area (TPSA) is 63.2 Å². The van der Waals surface area contributed by atoms with Crippen LogP contribution < -0.4 is 4.72 Å². The molecular formula is C13H17NO3S. The van der Waals surface area contributed by atoms with Gasteiger partial charge in [-0.3, -0.25) is 4.79 Å². The summed E-state index contributed by atoms with van der Waals surface area (Å²) >= 11 is 0. The lowest BCUT2D eigenvalue weighted by molar-refractivity contribution is -0.114. The molecule has 1 aromatic rings. The van der Waals surface area contributed by atoms with E-state index in [4.69, 9.17) is 0 Å². The van der Waals surface area contributed by atoms with Crippen LogP contribution in [-0.4, -0.2) is 14.3 Å². The molecular weight excluding hydrogens is 250 g/mol. The molecule has 4 nitrogen and oxygen atoms in total. The second-order valence-electron chi connectivity index (χ2n) is 3.97. The Morgan fingerprint density at radius 1 is 1.28 bits per heavy atom. The maximum absolute atomic E-state index is 11.8. The molecule has 0 radical (unpaired) electrons. The van der Waals surface area contributed by atoms with Gasteiger partial charge in [-0.2, -0.15) is 0 Å². The number of benzene rings is 1. The van der Waals surface area contributed by atoms with E-state index in [9.17, 15) is 13.2 Å². The minimum atomic E-state index is -3.76. The quantitative estimate of drug-likeness (QED) is 0.831. The molecule has 18 heavy (non-hydrogen) atoms. The second-order valence-corrected chi connectivity index (χ2v) is 5.66. The first kappa shape index (κ1) is 14.4. The number of hydrogen-bond donors (Lipinski definition) is 1. The van der Waals surface area contributed by atoms with Crippen LogP contribution >= 0.6 is 0 Å². The number of aryl methyl sites for hydroxylation is 1. The number of carbonyl (C=O) groups is 1. The highest BCUT2D eigenvalue weighted by Gasteiger charge is 2.15. The van der Waals surface area contributed by atoms with Gasteiger partial charge in [0.25, 0.3) is 15.9 Å². The Bertz CT molecular complexity index is 530. The molecule has 1 aromatic carbocycles. The van der Waals surface area contributed by atoms with Gasteiger partial charge in [0, 0.05) is 0 Å². The van der Waals surface area contributed by atoms with Crippen molar-refractivity contribution in [2.75, 3.05) is 0 Å². The molecule has 1 amide bonds. The molecule has 5 heteroatoms. The standard InChI is InChI=1S/C13H17NO3S/c1-3-4-5-6-13(15)14-18(16,17)12-9-7-11(2)8-10-12/h5-10H,3-4H2,1-2H3,(H,14,15)/b6-5+. The summed E-state index contributed by atoms with van der Waals surface area (Å²) in [5, 5.41) is 0. The van der Waals surface area contributed by atoms with E-state index in [1.807, 2.05) is 18.6 Å². The average Bonchev–Trinajstić information content (AvgIpc) is 2.29. The van der Waals surface area contributed by atoms with Crippen LogP contribution in [0.4, 0.5) is 0 Å². The molecule has 1 N–H and O–H groups in total. The average molecular weight is 267 g/mol. The summed E-state index contributed by atoms with van der Waals surface area (Å²) in [6, 6.07) is 6.32. The van der Waals surface area contributed by atoms with Crippen molar-refractivity contribution >= 4 is 15.9 Å². The summed E-state index contributed by atoms with van der Waals surface area (Å²) in [7, 11) is -3.76. The molecule has 0 bridgehead atoms. The normalized spacial score (nSPS) is 11.7. The minimum absolute atomic E-state index is 0.0883. The van der Waals surface area contributed by atoms with Crippen LogP contribution in [0.1, 0.15) is 25.3 Å². The minimum Gasteiger partial charge on any atom is -0.269 e. The maximum Gasteiger partial charge on any atom is 0.264 e. The largest absolute Gasteiger partial charge is 0.269 e. The summed E-state index contributed by atoms with van der Waals surface area (Å²) in [6.45, 7) is 3.84. The zero-order valence-corrected chi connectivity index (χ0v) is 11.3. The summed E-state index contributed by atoms with van der Waals surface area (Å²) in [5.74, 6) is -0.621. The number of hydrogen-bond acceptors (Lipinski definition) is 3. The fourth-order valence-corrected chi connectivity index (χ4v) is 2.24. The number of sulfonamides is 1. The SMILES string of the molecule is CCC/C=C/C(=O)NS(=O)(=O)c1ccc(C)cc1. The van der Waals surface area contributed by atoms with Crippen molar-refractivity contribution in [3.8, 4) is 0 Å². The third kappa shape index (κ3) is 4.33. The van der Waals surface area contributed by atoms with Gasteiger partial charge in [0.15, 0.2) is 0 Å². The van der Waals surface area contributed by atoms with Crippen molar-refractivity contribution in [1.29, 1.82) is 0 Å². The van der Waals surface area contributed by atoms with E-state index in [-0.39, 0.29) is 4.90 Å². The molecule has 0 fully saturated rings.